The summed E-state index contributed by atoms with van der Waals surface area (Å²) in [6.45, 7) is 0. The summed E-state index contributed by atoms with van der Waals surface area (Å²) in [7, 11) is -3.75. The molecule has 0 amide bonds. The van der Waals surface area contributed by atoms with Crippen molar-refractivity contribution in [3.05, 3.63) is 126 Å². The van der Waals surface area contributed by atoms with Crippen molar-refractivity contribution in [2.75, 3.05) is 0 Å². The van der Waals surface area contributed by atoms with Crippen LogP contribution in [0.3, 0.4) is 0 Å². The first-order valence-corrected chi connectivity index (χ1v) is 12.9. The third-order valence-corrected chi connectivity index (χ3v) is 8.56. The van der Waals surface area contributed by atoms with E-state index in [1.807, 2.05) is 84.9 Å². The highest BCUT2D eigenvalue weighted by Gasteiger charge is 2.45. The SMILES string of the molecule is O=S(=O)(c1ccccc1)[C@H]1C[C@H](O)[C@@H](c2ccccc2)O[C@H]1c1ccc(-c2ccccc2)cc1. The number of rotatable bonds is 5. The van der Waals surface area contributed by atoms with Gasteiger partial charge >= 0.3 is 0 Å². The van der Waals surface area contributed by atoms with Crippen molar-refractivity contribution in [2.24, 2.45) is 0 Å². The Morgan fingerprint density at radius 1 is 0.618 bits per heavy atom. The highest BCUT2D eigenvalue weighted by Crippen LogP contribution is 2.43. The van der Waals surface area contributed by atoms with Crippen molar-refractivity contribution in [1.82, 2.24) is 0 Å². The van der Waals surface area contributed by atoms with E-state index < -0.39 is 33.4 Å². The third kappa shape index (κ3) is 4.42. The topological polar surface area (TPSA) is 63.6 Å². The van der Waals surface area contributed by atoms with Crippen molar-refractivity contribution in [3.63, 3.8) is 0 Å². The molecule has 172 valence electrons. The fourth-order valence-electron chi connectivity index (χ4n) is 4.63. The van der Waals surface area contributed by atoms with Crippen LogP contribution in [0, 0.1) is 0 Å². The van der Waals surface area contributed by atoms with Gasteiger partial charge in [-0.25, -0.2) is 8.42 Å². The quantitative estimate of drug-likeness (QED) is 0.403. The summed E-state index contributed by atoms with van der Waals surface area (Å²) in [6.07, 6.45) is -2.18. The summed E-state index contributed by atoms with van der Waals surface area (Å²) < 4.78 is 33.7. The summed E-state index contributed by atoms with van der Waals surface area (Å²) in [4.78, 5) is 0.236. The molecule has 34 heavy (non-hydrogen) atoms. The van der Waals surface area contributed by atoms with Crippen LogP contribution in [0.25, 0.3) is 11.1 Å². The lowest BCUT2D eigenvalue weighted by Gasteiger charge is -2.39. The van der Waals surface area contributed by atoms with Gasteiger partial charge in [0.25, 0.3) is 0 Å². The van der Waals surface area contributed by atoms with Gasteiger partial charge in [0.05, 0.1) is 16.2 Å². The first-order valence-electron chi connectivity index (χ1n) is 11.4. The van der Waals surface area contributed by atoms with Gasteiger partial charge in [0.1, 0.15) is 12.2 Å². The van der Waals surface area contributed by atoms with Crippen molar-refractivity contribution in [3.8, 4) is 11.1 Å². The molecular weight excluding hydrogens is 444 g/mol. The molecule has 1 aliphatic rings. The second-order valence-electron chi connectivity index (χ2n) is 8.58. The molecule has 4 nitrogen and oxygen atoms in total. The van der Waals surface area contributed by atoms with Crippen molar-refractivity contribution in [1.29, 1.82) is 0 Å². The largest absolute Gasteiger partial charge is 0.390 e. The monoisotopic (exact) mass is 470 g/mol. The molecule has 5 heteroatoms. The molecular formula is C29H26O4S. The molecule has 0 unspecified atom stereocenters. The first-order chi connectivity index (χ1) is 16.5. The highest BCUT2D eigenvalue weighted by atomic mass is 32.2. The summed E-state index contributed by atoms with van der Waals surface area (Å²) in [5.74, 6) is 0. The summed E-state index contributed by atoms with van der Waals surface area (Å²) in [5.41, 5.74) is 3.74. The smallest absolute Gasteiger partial charge is 0.184 e. The fourth-order valence-corrected chi connectivity index (χ4v) is 6.51. The number of sulfone groups is 1. The molecule has 1 heterocycles. The highest BCUT2D eigenvalue weighted by molar-refractivity contribution is 7.92. The van der Waals surface area contributed by atoms with E-state index >= 15 is 0 Å². The second-order valence-corrected chi connectivity index (χ2v) is 10.7. The van der Waals surface area contributed by atoms with E-state index in [4.69, 9.17) is 4.74 Å². The van der Waals surface area contributed by atoms with E-state index in [1.165, 1.54) is 0 Å². The molecule has 0 aromatic heterocycles. The van der Waals surface area contributed by atoms with E-state index in [1.54, 1.807) is 30.3 Å². The van der Waals surface area contributed by atoms with Gasteiger partial charge < -0.3 is 9.84 Å². The lowest BCUT2D eigenvalue weighted by atomic mass is 9.91. The maximum Gasteiger partial charge on any atom is 0.184 e. The van der Waals surface area contributed by atoms with Gasteiger partial charge in [-0.15, -0.1) is 0 Å². The number of hydrogen-bond acceptors (Lipinski definition) is 4. The van der Waals surface area contributed by atoms with Crippen LogP contribution in [-0.4, -0.2) is 24.9 Å². The lowest BCUT2D eigenvalue weighted by Crippen LogP contribution is -2.42. The average Bonchev–Trinajstić information content (AvgIpc) is 2.90. The predicted octanol–water partition coefficient (Wildman–Crippen LogP) is 5.76. The molecule has 4 aromatic rings. The second kappa shape index (κ2) is 9.55. The molecule has 5 rings (SSSR count). The van der Waals surface area contributed by atoms with Gasteiger partial charge in [0, 0.05) is 0 Å². The van der Waals surface area contributed by atoms with Crippen molar-refractivity contribution < 1.29 is 18.3 Å². The molecule has 0 saturated carbocycles. The van der Waals surface area contributed by atoms with Crippen LogP contribution in [-0.2, 0) is 14.6 Å². The fraction of sp³-hybridized carbons (Fsp3) is 0.172. The number of aliphatic hydroxyl groups is 1. The minimum absolute atomic E-state index is 0.0852. The number of aliphatic hydroxyl groups excluding tert-OH is 1. The van der Waals surface area contributed by atoms with Crippen LogP contribution in [0.1, 0.15) is 29.8 Å². The number of ether oxygens (including phenoxy) is 1. The zero-order valence-electron chi connectivity index (χ0n) is 18.6. The lowest BCUT2D eigenvalue weighted by molar-refractivity contribution is -0.119. The first kappa shape index (κ1) is 22.5. The Kier molecular flexibility index (Phi) is 6.33. The Morgan fingerprint density at radius 2 is 1.12 bits per heavy atom. The summed E-state index contributed by atoms with van der Waals surface area (Å²) in [5, 5.41) is 10.1. The molecule has 1 saturated heterocycles. The van der Waals surface area contributed by atoms with E-state index in [0.717, 1.165) is 22.3 Å². The Hall–Kier alpha value is -3.25. The molecule has 4 aromatic carbocycles. The Balaban J connectivity index is 1.54. The van der Waals surface area contributed by atoms with Crippen LogP contribution in [0.4, 0.5) is 0 Å². The van der Waals surface area contributed by atoms with E-state index in [0.29, 0.717) is 0 Å². The van der Waals surface area contributed by atoms with Crippen molar-refractivity contribution in [2.45, 2.75) is 34.9 Å². The molecule has 0 radical (unpaired) electrons. The Morgan fingerprint density at radius 3 is 1.74 bits per heavy atom. The van der Waals surface area contributed by atoms with E-state index in [-0.39, 0.29) is 11.3 Å². The Labute approximate surface area is 200 Å². The van der Waals surface area contributed by atoms with E-state index in [9.17, 15) is 13.5 Å². The van der Waals surface area contributed by atoms with E-state index in [2.05, 4.69) is 0 Å². The van der Waals surface area contributed by atoms with Gasteiger partial charge in [-0.2, -0.15) is 0 Å². The average molecular weight is 471 g/mol. The molecule has 1 fully saturated rings. The predicted molar refractivity (Wildman–Crippen MR) is 133 cm³/mol. The standard InChI is InChI=1S/C29H26O4S/c30-26-20-27(34(31,32)25-14-8-3-9-15-25)29(33-28(26)23-12-6-2-7-13-23)24-18-16-22(17-19-24)21-10-4-1-5-11-21/h1-19,26-30H,20H2/t26-,27-,28+,29-/m0/s1. The summed E-state index contributed by atoms with van der Waals surface area (Å²) >= 11 is 0. The zero-order chi connectivity index (χ0) is 23.5. The van der Waals surface area contributed by atoms with Crippen LogP contribution >= 0.6 is 0 Å². The third-order valence-electron chi connectivity index (χ3n) is 6.40. The molecule has 0 aliphatic carbocycles. The molecule has 0 bridgehead atoms. The van der Waals surface area contributed by atoms with Crippen LogP contribution in [0.5, 0.6) is 0 Å². The van der Waals surface area contributed by atoms with Crippen LogP contribution < -0.4 is 0 Å². The van der Waals surface area contributed by atoms with Gasteiger partial charge in [-0.3, -0.25) is 0 Å². The number of benzene rings is 4. The maximum atomic E-state index is 13.7. The molecule has 1 aliphatic heterocycles. The minimum atomic E-state index is -3.75. The van der Waals surface area contributed by atoms with Crippen molar-refractivity contribution >= 4 is 9.84 Å². The number of hydrogen-bond donors (Lipinski definition) is 1. The molecule has 4 atom stereocenters. The zero-order valence-corrected chi connectivity index (χ0v) is 19.4. The van der Waals surface area contributed by atoms with Gasteiger partial charge in [-0.1, -0.05) is 103 Å². The minimum Gasteiger partial charge on any atom is -0.390 e. The normalized spacial score (nSPS) is 22.9. The molecule has 1 N–H and O–H groups in total. The maximum absolute atomic E-state index is 13.7. The van der Waals surface area contributed by atoms with Gasteiger partial charge in [0.15, 0.2) is 9.84 Å². The van der Waals surface area contributed by atoms with Crippen LogP contribution in [0.2, 0.25) is 0 Å². The summed E-state index contributed by atoms with van der Waals surface area (Å²) in [6, 6.07) is 35.8. The van der Waals surface area contributed by atoms with Gasteiger partial charge in [-0.05, 0) is 40.8 Å². The Bertz CT molecular complexity index is 1320. The van der Waals surface area contributed by atoms with Crippen LogP contribution in [0.15, 0.2) is 120 Å². The van der Waals surface area contributed by atoms with Gasteiger partial charge in [0.2, 0.25) is 0 Å². The molecule has 0 spiro atoms.